The van der Waals surface area contributed by atoms with Gasteiger partial charge in [0.2, 0.25) is 0 Å². The van der Waals surface area contributed by atoms with Crippen LogP contribution in [0.4, 0.5) is 0 Å². The van der Waals surface area contributed by atoms with Crippen molar-refractivity contribution in [2.75, 3.05) is 0 Å². The van der Waals surface area contributed by atoms with Crippen molar-refractivity contribution in [3.8, 4) is 44.5 Å². The third-order valence-electron chi connectivity index (χ3n) is 13.4. The molecule has 0 saturated heterocycles. The summed E-state index contributed by atoms with van der Waals surface area (Å²) in [5.41, 5.74) is 17.2. The van der Waals surface area contributed by atoms with Gasteiger partial charge >= 0.3 is 0 Å². The lowest BCUT2D eigenvalue weighted by molar-refractivity contribution is 0.768. The topological polar surface area (TPSA) is 0 Å². The highest BCUT2D eigenvalue weighted by molar-refractivity contribution is 6.21. The number of benzene rings is 11. The fraction of sp³-hybridized carbons (Fsp3) is 0.0159. The number of hydrogen-bond donors (Lipinski definition) is 0. The van der Waals surface area contributed by atoms with Crippen LogP contribution in [0.15, 0.2) is 243 Å². The normalized spacial score (nSPS) is 12.8. The summed E-state index contributed by atoms with van der Waals surface area (Å²) in [5, 5.41) is 7.53. The Balaban J connectivity index is 0.944. The lowest BCUT2D eigenvalue weighted by Gasteiger charge is -2.34. The average Bonchev–Trinajstić information content (AvgIpc) is 3.67. The van der Waals surface area contributed by atoms with Gasteiger partial charge in [0, 0.05) is 0 Å². The second kappa shape index (κ2) is 15.1. The third-order valence-corrected chi connectivity index (χ3v) is 13.4. The maximum atomic E-state index is 2.38. The van der Waals surface area contributed by atoms with Crippen molar-refractivity contribution in [3.63, 3.8) is 0 Å². The third kappa shape index (κ3) is 5.91. The first-order chi connectivity index (χ1) is 31.3. The Morgan fingerprint density at radius 1 is 0.254 bits per heavy atom. The van der Waals surface area contributed by atoms with E-state index in [-0.39, 0.29) is 0 Å². The molecule has 0 aromatic heterocycles. The van der Waals surface area contributed by atoms with Crippen molar-refractivity contribution in [1.29, 1.82) is 0 Å². The Labute approximate surface area is 368 Å². The van der Waals surface area contributed by atoms with Crippen LogP contribution in [0, 0.1) is 0 Å². The van der Waals surface area contributed by atoms with Crippen molar-refractivity contribution in [3.05, 3.63) is 276 Å². The van der Waals surface area contributed by atoms with Gasteiger partial charge in [0.15, 0.2) is 0 Å². The summed E-state index contributed by atoms with van der Waals surface area (Å²) >= 11 is 0. The predicted molar refractivity (Wildman–Crippen MR) is 268 cm³/mol. The Morgan fingerprint density at radius 2 is 0.683 bits per heavy atom. The molecule has 0 spiro atoms. The largest absolute Gasteiger partial charge is 0.0713 e. The highest BCUT2D eigenvalue weighted by atomic mass is 14.5. The highest BCUT2D eigenvalue weighted by Gasteiger charge is 2.45. The number of hydrogen-bond acceptors (Lipinski definition) is 0. The summed E-state index contributed by atoms with van der Waals surface area (Å²) in [6.45, 7) is 0. The van der Waals surface area contributed by atoms with Crippen molar-refractivity contribution < 1.29 is 0 Å². The van der Waals surface area contributed by atoms with Crippen LogP contribution < -0.4 is 0 Å². The van der Waals surface area contributed by atoms with Gasteiger partial charge in [-0.3, -0.25) is 0 Å². The molecule has 0 heterocycles. The number of fused-ring (bicyclic) bond motifs is 6. The molecule has 11 aromatic carbocycles. The molecule has 0 saturated carbocycles. The van der Waals surface area contributed by atoms with Crippen LogP contribution in [0.3, 0.4) is 0 Å². The Kier molecular flexibility index (Phi) is 8.83. The molecule has 1 aliphatic carbocycles. The van der Waals surface area contributed by atoms with E-state index in [9.17, 15) is 0 Å². The smallest absolute Gasteiger partial charge is 0.0622 e. The van der Waals surface area contributed by atoms with Gasteiger partial charge in [-0.1, -0.05) is 255 Å². The van der Waals surface area contributed by atoms with Crippen LogP contribution in [0.25, 0.3) is 89.0 Å². The molecule has 294 valence electrons. The summed E-state index contributed by atoms with van der Waals surface area (Å²) in [6, 6.07) is 89.3. The number of rotatable bonds is 7. The van der Waals surface area contributed by atoms with Gasteiger partial charge < -0.3 is 0 Å². The van der Waals surface area contributed by atoms with E-state index >= 15 is 0 Å². The first kappa shape index (κ1) is 36.8. The summed E-state index contributed by atoms with van der Waals surface area (Å²) in [6.07, 6.45) is 4.49. The van der Waals surface area contributed by atoms with E-state index in [4.69, 9.17) is 0 Å². The maximum Gasteiger partial charge on any atom is 0.0713 e. The first-order valence-electron chi connectivity index (χ1n) is 21.9. The molecule has 0 unspecified atom stereocenters. The van der Waals surface area contributed by atoms with Crippen molar-refractivity contribution in [2.24, 2.45) is 0 Å². The fourth-order valence-electron chi connectivity index (χ4n) is 10.6. The van der Waals surface area contributed by atoms with Gasteiger partial charge in [0.1, 0.15) is 0 Å². The standard InChI is InChI=1S/C63H42/c1-3-17-44(18-4-1)51-42-39-45(50-21-7-8-22-52(50)51)34-31-43-32-35-46(36-33-43)61-55-25-9-11-27-57(55)62(58-28-12-10-26-56(58)61)47-37-40-49(41-38-47)63(48-19-5-2-6-20-48)59-29-15-13-23-53(59)54-24-14-16-30-60(54)63/h1-42H/b34-31+. The van der Waals surface area contributed by atoms with Crippen molar-refractivity contribution >= 4 is 44.5 Å². The molecular weight excluding hydrogens is 757 g/mol. The van der Waals surface area contributed by atoms with E-state index in [1.54, 1.807) is 0 Å². The molecule has 0 bridgehead atoms. The second-order valence-corrected chi connectivity index (χ2v) is 16.7. The maximum absolute atomic E-state index is 2.38. The lowest BCUT2D eigenvalue weighted by atomic mass is 9.67. The summed E-state index contributed by atoms with van der Waals surface area (Å²) in [4.78, 5) is 0. The lowest BCUT2D eigenvalue weighted by Crippen LogP contribution is -2.28. The predicted octanol–water partition coefficient (Wildman–Crippen LogP) is 16.7. The van der Waals surface area contributed by atoms with Crippen LogP contribution in [0.1, 0.15) is 33.4 Å². The molecule has 0 atom stereocenters. The van der Waals surface area contributed by atoms with Gasteiger partial charge in [-0.25, -0.2) is 0 Å². The van der Waals surface area contributed by atoms with Crippen LogP contribution in [0.5, 0.6) is 0 Å². The zero-order valence-electron chi connectivity index (χ0n) is 34.7. The molecule has 0 nitrogen and oxygen atoms in total. The van der Waals surface area contributed by atoms with Crippen molar-refractivity contribution in [1.82, 2.24) is 0 Å². The molecule has 12 rings (SSSR count). The summed E-state index contributed by atoms with van der Waals surface area (Å²) in [7, 11) is 0. The average molecular weight is 799 g/mol. The van der Waals surface area contributed by atoms with E-state index in [0.717, 1.165) is 0 Å². The molecule has 11 aromatic rings. The molecule has 0 N–H and O–H groups in total. The molecule has 0 heteroatoms. The summed E-state index contributed by atoms with van der Waals surface area (Å²) < 4.78 is 0. The van der Waals surface area contributed by atoms with Crippen LogP contribution in [-0.2, 0) is 5.41 Å². The van der Waals surface area contributed by atoms with Gasteiger partial charge in [-0.15, -0.1) is 0 Å². The summed E-state index contributed by atoms with van der Waals surface area (Å²) in [5.74, 6) is 0. The van der Waals surface area contributed by atoms with Crippen LogP contribution in [-0.4, -0.2) is 0 Å². The minimum absolute atomic E-state index is 0.427. The molecule has 0 radical (unpaired) electrons. The first-order valence-corrected chi connectivity index (χ1v) is 21.9. The van der Waals surface area contributed by atoms with Crippen molar-refractivity contribution in [2.45, 2.75) is 5.41 Å². The molecular formula is C63H42. The van der Waals surface area contributed by atoms with Gasteiger partial charge in [-0.05, 0) is 110 Å². The Hall–Kier alpha value is -8.06. The monoisotopic (exact) mass is 798 g/mol. The Morgan fingerprint density at radius 3 is 1.24 bits per heavy atom. The van der Waals surface area contributed by atoms with Crippen LogP contribution in [0.2, 0.25) is 0 Å². The second-order valence-electron chi connectivity index (χ2n) is 16.7. The molecule has 0 amide bonds. The molecule has 1 aliphatic rings. The van der Waals surface area contributed by atoms with E-state index < -0.39 is 5.41 Å². The van der Waals surface area contributed by atoms with E-state index in [0.29, 0.717) is 0 Å². The van der Waals surface area contributed by atoms with Crippen LogP contribution >= 0.6 is 0 Å². The highest BCUT2D eigenvalue weighted by Crippen LogP contribution is 2.56. The van der Waals surface area contributed by atoms with E-state index in [2.05, 4.69) is 255 Å². The minimum Gasteiger partial charge on any atom is -0.0622 e. The van der Waals surface area contributed by atoms with E-state index in [1.807, 2.05) is 0 Å². The minimum atomic E-state index is -0.427. The Bertz CT molecular complexity index is 3420. The quantitative estimate of drug-likeness (QED) is 0.111. The molecule has 0 fully saturated rings. The zero-order valence-corrected chi connectivity index (χ0v) is 34.7. The zero-order chi connectivity index (χ0) is 41.7. The molecule has 63 heavy (non-hydrogen) atoms. The molecule has 0 aliphatic heterocycles. The fourth-order valence-corrected chi connectivity index (χ4v) is 10.6. The van der Waals surface area contributed by atoms with E-state index in [1.165, 1.54) is 110 Å². The SMILES string of the molecule is C(=C\c1ccc(-c2ccccc2)c2ccccc12)/c1ccc(-c2c3ccccc3c(-c3ccc(C4(c5ccccc5)c5ccccc5-c5ccccc54)cc3)c3ccccc23)cc1. The van der Waals surface area contributed by atoms with Gasteiger partial charge in [-0.2, -0.15) is 0 Å². The van der Waals surface area contributed by atoms with Gasteiger partial charge in [0.05, 0.1) is 5.41 Å². The van der Waals surface area contributed by atoms with Gasteiger partial charge in [0.25, 0.3) is 0 Å².